The van der Waals surface area contributed by atoms with Crippen LogP contribution in [-0.4, -0.2) is 18.1 Å². The van der Waals surface area contributed by atoms with Crippen molar-refractivity contribution in [3.63, 3.8) is 0 Å². The van der Waals surface area contributed by atoms with E-state index in [1.165, 1.54) is 43.0 Å². The molecule has 3 aromatic rings. The average Bonchev–Trinajstić information content (AvgIpc) is 2.93. The van der Waals surface area contributed by atoms with Crippen molar-refractivity contribution in [2.45, 2.75) is 70.3 Å². The first-order valence-corrected chi connectivity index (χ1v) is 13.3. The predicted octanol–water partition coefficient (Wildman–Crippen LogP) is 7.29. The Bertz CT molecular complexity index is 1190. The lowest BCUT2D eigenvalue weighted by molar-refractivity contribution is -0.140. The lowest BCUT2D eigenvalue weighted by Gasteiger charge is -2.15. The molecule has 194 valence electrons. The molecule has 1 aromatic heterocycles. The highest BCUT2D eigenvalue weighted by atomic mass is 19.1. The quantitative estimate of drug-likeness (QED) is 0.148. The molecular weight excluding hydrogens is 465 g/mol. The van der Waals surface area contributed by atoms with Crippen LogP contribution in [0.5, 0.6) is 5.75 Å². The van der Waals surface area contributed by atoms with E-state index in [0.29, 0.717) is 6.61 Å². The van der Waals surface area contributed by atoms with E-state index in [9.17, 15) is 9.18 Å². The molecule has 0 radical (unpaired) electrons. The molecule has 0 unspecified atom stereocenters. The number of benzene rings is 2. The fourth-order valence-corrected chi connectivity index (χ4v) is 4.76. The molecule has 0 saturated heterocycles. The zero-order valence-electron chi connectivity index (χ0n) is 21.6. The Kier molecular flexibility index (Phi) is 9.87. The van der Waals surface area contributed by atoms with Gasteiger partial charge >= 0.3 is 5.97 Å². The summed E-state index contributed by atoms with van der Waals surface area (Å²) in [6.45, 7) is 0.295. The van der Waals surface area contributed by atoms with Crippen molar-refractivity contribution in [2.75, 3.05) is 7.11 Å². The maximum atomic E-state index is 14.8. The van der Waals surface area contributed by atoms with E-state index in [1.54, 1.807) is 6.07 Å². The van der Waals surface area contributed by atoms with Gasteiger partial charge in [-0.2, -0.15) is 0 Å². The Morgan fingerprint density at radius 2 is 1.89 bits per heavy atom. The maximum absolute atomic E-state index is 14.8. The van der Waals surface area contributed by atoms with Gasteiger partial charge in [-0.1, -0.05) is 54.6 Å². The lowest BCUT2D eigenvalue weighted by Crippen LogP contribution is -2.08. The standard InChI is InChI=1S/C32H36FNO3/c1-36-32(35)22-26(27-18-20-31(29(33)21-27)37-23-24-11-5-4-6-12-24)14-7-2-3-8-15-28-19-17-25-13-9-10-16-30(25)34-28/h4-7,11-12,14,17-21,26H,2-3,8-10,13,15-16,22-23H2,1H3/b14-7+/t26-/m0/s1. The van der Waals surface area contributed by atoms with Crippen molar-refractivity contribution < 1.29 is 18.7 Å². The highest BCUT2D eigenvalue weighted by molar-refractivity contribution is 5.70. The van der Waals surface area contributed by atoms with E-state index in [0.717, 1.165) is 49.7 Å². The Morgan fingerprint density at radius 1 is 1.05 bits per heavy atom. The van der Waals surface area contributed by atoms with Crippen molar-refractivity contribution >= 4 is 5.97 Å². The fraction of sp³-hybridized carbons (Fsp3) is 0.375. The smallest absolute Gasteiger partial charge is 0.306 e. The van der Waals surface area contributed by atoms with Crippen LogP contribution in [0.1, 0.15) is 72.5 Å². The third kappa shape index (κ3) is 8.01. The second kappa shape index (κ2) is 13.7. The Morgan fingerprint density at radius 3 is 2.70 bits per heavy atom. The summed E-state index contributed by atoms with van der Waals surface area (Å²) in [5.74, 6) is -0.816. The van der Waals surface area contributed by atoms with E-state index < -0.39 is 5.82 Å². The van der Waals surface area contributed by atoms with Crippen LogP contribution in [0.2, 0.25) is 0 Å². The first kappa shape index (κ1) is 26.6. The van der Waals surface area contributed by atoms with Gasteiger partial charge in [0.15, 0.2) is 11.6 Å². The second-order valence-electron chi connectivity index (χ2n) is 9.64. The number of ether oxygens (including phenoxy) is 2. The van der Waals surface area contributed by atoms with Crippen molar-refractivity contribution in [1.29, 1.82) is 0 Å². The van der Waals surface area contributed by atoms with E-state index >= 15 is 0 Å². The molecule has 4 rings (SSSR count). The minimum atomic E-state index is -0.436. The first-order valence-electron chi connectivity index (χ1n) is 13.3. The van der Waals surface area contributed by atoms with E-state index in [1.807, 2.05) is 42.5 Å². The molecule has 0 amide bonds. The molecule has 1 atom stereocenters. The largest absolute Gasteiger partial charge is 0.486 e. The van der Waals surface area contributed by atoms with Crippen LogP contribution in [0, 0.1) is 5.82 Å². The van der Waals surface area contributed by atoms with Gasteiger partial charge in [-0.05, 0) is 86.3 Å². The van der Waals surface area contributed by atoms with Crippen molar-refractivity contribution in [1.82, 2.24) is 4.98 Å². The molecule has 0 spiro atoms. The number of carbonyl (C=O) groups is 1. The van der Waals surface area contributed by atoms with Gasteiger partial charge in [-0.3, -0.25) is 9.78 Å². The average molecular weight is 502 g/mol. The first-order chi connectivity index (χ1) is 18.1. The molecule has 5 heteroatoms. The number of fused-ring (bicyclic) bond motifs is 1. The van der Waals surface area contributed by atoms with Crippen LogP contribution in [0.15, 0.2) is 72.8 Å². The number of esters is 1. The summed E-state index contributed by atoms with van der Waals surface area (Å²) in [6.07, 6.45) is 13.0. The molecule has 0 bridgehead atoms. The summed E-state index contributed by atoms with van der Waals surface area (Å²) in [6, 6.07) is 19.0. The molecule has 0 fully saturated rings. The third-order valence-corrected chi connectivity index (χ3v) is 6.89. The molecule has 2 aromatic carbocycles. The topological polar surface area (TPSA) is 48.4 Å². The number of aromatic nitrogens is 1. The summed E-state index contributed by atoms with van der Waals surface area (Å²) >= 11 is 0. The number of halogens is 1. The van der Waals surface area contributed by atoms with Gasteiger partial charge in [-0.25, -0.2) is 4.39 Å². The minimum Gasteiger partial charge on any atom is -0.486 e. The number of methoxy groups -OCH3 is 1. The van der Waals surface area contributed by atoms with Crippen LogP contribution in [0.25, 0.3) is 0 Å². The van der Waals surface area contributed by atoms with E-state index in [2.05, 4.69) is 18.2 Å². The van der Waals surface area contributed by atoms with Crippen molar-refractivity contribution in [2.24, 2.45) is 0 Å². The number of hydrogen-bond donors (Lipinski definition) is 0. The Balaban J connectivity index is 1.30. The number of nitrogens with zero attached hydrogens (tertiary/aromatic N) is 1. The molecule has 1 heterocycles. The Hall–Kier alpha value is -3.47. The number of carbonyl (C=O) groups excluding carboxylic acids is 1. The third-order valence-electron chi connectivity index (χ3n) is 6.89. The summed E-state index contributed by atoms with van der Waals surface area (Å²) in [5.41, 5.74) is 5.59. The molecule has 4 nitrogen and oxygen atoms in total. The van der Waals surface area contributed by atoms with Gasteiger partial charge in [-0.15, -0.1) is 0 Å². The normalized spacial score (nSPS) is 13.8. The SMILES string of the molecule is COC(=O)C[C@H](/C=C/CCCCc1ccc2c(n1)CCCC2)c1ccc(OCc2ccccc2)c(F)c1. The molecule has 1 aliphatic carbocycles. The molecular formula is C32H36FNO3. The number of rotatable bonds is 12. The van der Waals surface area contributed by atoms with Gasteiger partial charge in [0, 0.05) is 17.3 Å². The summed E-state index contributed by atoms with van der Waals surface area (Å²) in [5, 5.41) is 0. The number of aryl methyl sites for hydroxylation is 3. The zero-order chi connectivity index (χ0) is 25.9. The van der Waals surface area contributed by atoms with Crippen LogP contribution in [0.4, 0.5) is 4.39 Å². The maximum Gasteiger partial charge on any atom is 0.306 e. The molecule has 0 N–H and O–H groups in total. The van der Waals surface area contributed by atoms with Gasteiger partial charge in [0.2, 0.25) is 0 Å². The van der Waals surface area contributed by atoms with Crippen LogP contribution in [0.3, 0.4) is 0 Å². The lowest BCUT2D eigenvalue weighted by atomic mass is 9.94. The van der Waals surface area contributed by atoms with Gasteiger partial charge in [0.1, 0.15) is 6.61 Å². The Labute approximate surface area is 219 Å². The van der Waals surface area contributed by atoms with Crippen molar-refractivity contribution in [3.8, 4) is 5.75 Å². The van der Waals surface area contributed by atoms with Crippen LogP contribution >= 0.6 is 0 Å². The number of unbranched alkanes of at least 4 members (excludes halogenated alkanes) is 2. The molecule has 37 heavy (non-hydrogen) atoms. The fourth-order valence-electron chi connectivity index (χ4n) is 4.76. The van der Waals surface area contributed by atoms with Gasteiger partial charge < -0.3 is 9.47 Å². The molecule has 1 aliphatic rings. The highest BCUT2D eigenvalue weighted by Gasteiger charge is 2.16. The van der Waals surface area contributed by atoms with Gasteiger partial charge in [0.05, 0.1) is 13.5 Å². The second-order valence-corrected chi connectivity index (χ2v) is 9.64. The summed E-state index contributed by atoms with van der Waals surface area (Å²) in [4.78, 5) is 16.9. The highest BCUT2D eigenvalue weighted by Crippen LogP contribution is 2.28. The summed E-state index contributed by atoms with van der Waals surface area (Å²) < 4.78 is 25.4. The number of allylic oxidation sites excluding steroid dienone is 2. The van der Waals surface area contributed by atoms with Gasteiger partial charge in [0.25, 0.3) is 0 Å². The minimum absolute atomic E-state index is 0.162. The summed E-state index contributed by atoms with van der Waals surface area (Å²) in [7, 11) is 1.37. The molecule has 0 saturated carbocycles. The predicted molar refractivity (Wildman–Crippen MR) is 144 cm³/mol. The monoisotopic (exact) mass is 501 g/mol. The van der Waals surface area contributed by atoms with Crippen molar-refractivity contribution in [3.05, 3.63) is 107 Å². The number of hydrogen-bond acceptors (Lipinski definition) is 4. The van der Waals surface area contributed by atoms with E-state index in [-0.39, 0.29) is 24.1 Å². The van der Waals surface area contributed by atoms with Crippen LogP contribution < -0.4 is 4.74 Å². The van der Waals surface area contributed by atoms with Crippen LogP contribution in [-0.2, 0) is 35.4 Å². The molecule has 0 aliphatic heterocycles. The van der Waals surface area contributed by atoms with E-state index in [4.69, 9.17) is 14.5 Å². The number of pyridine rings is 1. The zero-order valence-corrected chi connectivity index (χ0v) is 21.6.